The van der Waals surface area contributed by atoms with E-state index in [-0.39, 0.29) is 0 Å². The number of nitrogens with one attached hydrogen (secondary N) is 1. The summed E-state index contributed by atoms with van der Waals surface area (Å²) >= 11 is 1.68. The molecule has 0 saturated heterocycles. The van der Waals surface area contributed by atoms with Gasteiger partial charge in [0.05, 0.1) is 31.7 Å². The van der Waals surface area contributed by atoms with Crippen molar-refractivity contribution < 1.29 is 14.6 Å². The summed E-state index contributed by atoms with van der Waals surface area (Å²) in [5.74, 6) is 1.34. The largest absolute Gasteiger partial charge is 0.497 e. The molecule has 0 amide bonds. The number of aliphatic hydroxyl groups excluding tert-OH is 1. The van der Waals surface area contributed by atoms with Gasteiger partial charge in [-0.25, -0.2) is 4.98 Å². The molecule has 3 aromatic rings. The van der Waals surface area contributed by atoms with Crippen molar-refractivity contribution >= 4 is 16.3 Å². The predicted octanol–water partition coefficient (Wildman–Crippen LogP) is 2.85. The standard InChI is InChI=1S/C18H23N3O3S/c1-11-10-21-15(12(2)20-18(21)25-11)8-19-9-16(22)14-7-13(23-3)5-6-17(14)24-4/h5-7,10,16,19,22H,8-9H2,1-4H3. The fourth-order valence-corrected chi connectivity index (χ4v) is 3.75. The Morgan fingerprint density at radius 3 is 2.80 bits per heavy atom. The molecule has 0 aliphatic rings. The van der Waals surface area contributed by atoms with E-state index >= 15 is 0 Å². The number of hydrogen-bond donors (Lipinski definition) is 2. The summed E-state index contributed by atoms with van der Waals surface area (Å²) in [6.45, 7) is 5.12. The van der Waals surface area contributed by atoms with Crippen molar-refractivity contribution in [1.82, 2.24) is 14.7 Å². The van der Waals surface area contributed by atoms with Gasteiger partial charge in [-0.15, -0.1) is 11.3 Å². The number of fused-ring (bicyclic) bond motifs is 1. The Balaban J connectivity index is 1.70. The van der Waals surface area contributed by atoms with Crippen LogP contribution in [0, 0.1) is 13.8 Å². The van der Waals surface area contributed by atoms with E-state index in [1.807, 2.05) is 13.0 Å². The fourth-order valence-electron chi connectivity index (χ4n) is 2.86. The summed E-state index contributed by atoms with van der Waals surface area (Å²) < 4.78 is 12.7. The first-order valence-corrected chi connectivity index (χ1v) is 8.89. The second-order valence-corrected chi connectivity index (χ2v) is 7.11. The third-order valence-electron chi connectivity index (χ3n) is 4.17. The first-order chi connectivity index (χ1) is 12.0. The topological polar surface area (TPSA) is 68.0 Å². The lowest BCUT2D eigenvalue weighted by Gasteiger charge is -2.16. The minimum atomic E-state index is -0.696. The monoisotopic (exact) mass is 361 g/mol. The van der Waals surface area contributed by atoms with Crippen LogP contribution in [0.1, 0.15) is 27.9 Å². The average molecular weight is 361 g/mol. The molecule has 1 unspecified atom stereocenters. The van der Waals surface area contributed by atoms with Crippen LogP contribution in [-0.2, 0) is 6.54 Å². The van der Waals surface area contributed by atoms with Crippen LogP contribution in [0.4, 0.5) is 0 Å². The molecule has 0 fully saturated rings. The van der Waals surface area contributed by atoms with Crippen molar-refractivity contribution in [2.45, 2.75) is 26.5 Å². The normalized spacial score (nSPS) is 12.5. The summed E-state index contributed by atoms with van der Waals surface area (Å²) in [5.41, 5.74) is 2.83. The van der Waals surface area contributed by atoms with Gasteiger partial charge in [0.2, 0.25) is 0 Å². The van der Waals surface area contributed by atoms with Crippen LogP contribution in [0.5, 0.6) is 11.5 Å². The van der Waals surface area contributed by atoms with Crippen molar-refractivity contribution in [2.24, 2.45) is 0 Å². The Hall–Kier alpha value is -2.09. The van der Waals surface area contributed by atoms with Gasteiger partial charge in [0.1, 0.15) is 11.5 Å². The van der Waals surface area contributed by atoms with Crippen LogP contribution in [0.25, 0.3) is 4.96 Å². The first kappa shape index (κ1) is 17.7. The number of benzene rings is 1. The minimum Gasteiger partial charge on any atom is -0.497 e. The SMILES string of the molecule is COc1ccc(OC)c(C(O)CNCc2c(C)nc3sc(C)cn23)c1. The third-order valence-corrected chi connectivity index (χ3v) is 5.06. The molecule has 0 bridgehead atoms. The molecule has 1 aromatic carbocycles. The molecule has 25 heavy (non-hydrogen) atoms. The number of rotatable bonds is 7. The summed E-state index contributed by atoms with van der Waals surface area (Å²) in [6, 6.07) is 5.42. The molecule has 2 aromatic heterocycles. The van der Waals surface area contributed by atoms with Gasteiger partial charge < -0.3 is 19.9 Å². The Bertz CT molecular complexity index is 872. The zero-order valence-electron chi connectivity index (χ0n) is 14.9. The molecule has 0 saturated carbocycles. The number of hydrogen-bond acceptors (Lipinski definition) is 6. The first-order valence-electron chi connectivity index (χ1n) is 8.08. The second kappa shape index (κ2) is 7.43. The van der Waals surface area contributed by atoms with Crippen LogP contribution in [0.3, 0.4) is 0 Å². The molecule has 6 nitrogen and oxygen atoms in total. The van der Waals surface area contributed by atoms with E-state index in [9.17, 15) is 5.11 Å². The molecule has 0 aliphatic heterocycles. The number of nitrogens with zero attached hydrogens (tertiary/aromatic N) is 2. The van der Waals surface area contributed by atoms with Gasteiger partial charge >= 0.3 is 0 Å². The van der Waals surface area contributed by atoms with Crippen molar-refractivity contribution in [3.8, 4) is 11.5 Å². The van der Waals surface area contributed by atoms with Crippen molar-refractivity contribution in [2.75, 3.05) is 20.8 Å². The molecule has 134 valence electrons. The Morgan fingerprint density at radius 2 is 2.08 bits per heavy atom. The molecule has 0 radical (unpaired) electrons. The van der Waals surface area contributed by atoms with Gasteiger partial charge in [0, 0.05) is 29.7 Å². The molecular weight excluding hydrogens is 338 g/mol. The zero-order chi connectivity index (χ0) is 18.0. The summed E-state index contributed by atoms with van der Waals surface area (Å²) in [5, 5.41) is 13.9. The molecule has 2 heterocycles. The number of methoxy groups -OCH3 is 2. The Kier molecular flexibility index (Phi) is 5.27. The van der Waals surface area contributed by atoms with E-state index in [0.717, 1.165) is 16.3 Å². The molecule has 0 spiro atoms. The molecule has 3 rings (SSSR count). The maximum absolute atomic E-state index is 10.5. The number of aryl methyl sites for hydroxylation is 2. The lowest BCUT2D eigenvalue weighted by Crippen LogP contribution is -2.22. The fraction of sp³-hybridized carbons (Fsp3) is 0.389. The van der Waals surface area contributed by atoms with Crippen molar-refractivity contribution in [1.29, 1.82) is 0 Å². The van der Waals surface area contributed by atoms with E-state index in [1.165, 1.54) is 4.88 Å². The van der Waals surface area contributed by atoms with Crippen LogP contribution in [0.2, 0.25) is 0 Å². The Labute approximate surface area is 151 Å². The highest BCUT2D eigenvalue weighted by Crippen LogP contribution is 2.29. The quantitative estimate of drug-likeness (QED) is 0.677. The van der Waals surface area contributed by atoms with E-state index in [0.29, 0.717) is 30.2 Å². The number of ether oxygens (including phenoxy) is 2. The van der Waals surface area contributed by atoms with Crippen LogP contribution < -0.4 is 14.8 Å². The molecule has 0 aliphatic carbocycles. The third kappa shape index (κ3) is 3.63. The van der Waals surface area contributed by atoms with Gasteiger partial charge in [-0.05, 0) is 32.0 Å². The molecule has 1 atom stereocenters. The van der Waals surface area contributed by atoms with Crippen molar-refractivity contribution in [3.05, 3.63) is 46.2 Å². The highest BCUT2D eigenvalue weighted by Gasteiger charge is 2.16. The zero-order valence-corrected chi connectivity index (χ0v) is 15.7. The van der Waals surface area contributed by atoms with Gasteiger partial charge in [-0.2, -0.15) is 0 Å². The number of imidazole rings is 1. The molecule has 7 heteroatoms. The van der Waals surface area contributed by atoms with Crippen LogP contribution >= 0.6 is 11.3 Å². The number of thiazole rings is 1. The lowest BCUT2D eigenvalue weighted by molar-refractivity contribution is 0.169. The lowest BCUT2D eigenvalue weighted by atomic mass is 10.1. The molecular formula is C18H23N3O3S. The van der Waals surface area contributed by atoms with E-state index in [2.05, 4.69) is 27.8 Å². The van der Waals surface area contributed by atoms with E-state index < -0.39 is 6.10 Å². The Morgan fingerprint density at radius 1 is 1.28 bits per heavy atom. The van der Waals surface area contributed by atoms with E-state index in [4.69, 9.17) is 9.47 Å². The smallest absolute Gasteiger partial charge is 0.194 e. The highest BCUT2D eigenvalue weighted by molar-refractivity contribution is 7.17. The van der Waals surface area contributed by atoms with Gasteiger partial charge in [-0.3, -0.25) is 4.40 Å². The maximum atomic E-state index is 10.5. The summed E-state index contributed by atoms with van der Waals surface area (Å²) in [6.07, 6.45) is 1.40. The van der Waals surface area contributed by atoms with Crippen molar-refractivity contribution in [3.63, 3.8) is 0 Å². The van der Waals surface area contributed by atoms with Crippen LogP contribution in [-0.4, -0.2) is 35.3 Å². The van der Waals surface area contributed by atoms with Gasteiger partial charge in [0.15, 0.2) is 4.96 Å². The number of aliphatic hydroxyl groups is 1. The summed E-state index contributed by atoms with van der Waals surface area (Å²) in [4.78, 5) is 6.81. The van der Waals surface area contributed by atoms with Crippen LogP contribution in [0.15, 0.2) is 24.4 Å². The van der Waals surface area contributed by atoms with E-state index in [1.54, 1.807) is 37.7 Å². The minimum absolute atomic E-state index is 0.402. The van der Waals surface area contributed by atoms with Gasteiger partial charge in [0.25, 0.3) is 0 Å². The molecule has 2 N–H and O–H groups in total. The maximum Gasteiger partial charge on any atom is 0.194 e. The predicted molar refractivity (Wildman–Crippen MR) is 98.8 cm³/mol. The highest BCUT2D eigenvalue weighted by atomic mass is 32.1. The number of aromatic nitrogens is 2. The van der Waals surface area contributed by atoms with Gasteiger partial charge in [-0.1, -0.05) is 0 Å². The second-order valence-electron chi connectivity index (χ2n) is 5.89. The average Bonchev–Trinajstić information content (AvgIpc) is 3.09. The summed E-state index contributed by atoms with van der Waals surface area (Å²) in [7, 11) is 3.20.